The van der Waals surface area contributed by atoms with Crippen LogP contribution in [0, 0.1) is 0 Å². The number of ether oxygens (including phenoxy) is 2. The van der Waals surface area contributed by atoms with Crippen LogP contribution in [0.2, 0.25) is 5.02 Å². The van der Waals surface area contributed by atoms with Crippen LogP contribution in [0.15, 0.2) is 48.5 Å². The van der Waals surface area contributed by atoms with E-state index < -0.39 is 5.41 Å². The molecule has 2 aromatic rings. The normalized spacial score (nSPS) is 17.9. The maximum absolute atomic E-state index is 13.0. The van der Waals surface area contributed by atoms with Gasteiger partial charge in [-0.3, -0.25) is 9.59 Å². The van der Waals surface area contributed by atoms with Gasteiger partial charge in [0.25, 0.3) is 5.91 Å². The Morgan fingerprint density at radius 1 is 1.00 bits per heavy atom. The summed E-state index contributed by atoms with van der Waals surface area (Å²) in [6, 6.07) is 15.0. The molecule has 4 rings (SSSR count). The second kappa shape index (κ2) is 9.71. The molecule has 2 fully saturated rings. The molecular formula is C24H27ClN2O4. The fourth-order valence-corrected chi connectivity index (χ4v) is 4.53. The van der Waals surface area contributed by atoms with Crippen LogP contribution < -0.4 is 10.2 Å². The van der Waals surface area contributed by atoms with Crippen LogP contribution in [0.25, 0.3) is 0 Å². The highest BCUT2D eigenvalue weighted by molar-refractivity contribution is 6.30. The SMILES string of the molecule is O=C(COC(=O)C1(c2ccc(Cl)cc2)CCCC1)Nc1ccc(N2CCOCC2)cc1. The summed E-state index contributed by atoms with van der Waals surface area (Å²) in [6.07, 6.45) is 3.36. The van der Waals surface area contributed by atoms with Crippen molar-refractivity contribution in [1.82, 2.24) is 0 Å². The van der Waals surface area contributed by atoms with E-state index in [4.69, 9.17) is 21.1 Å². The number of anilines is 2. The van der Waals surface area contributed by atoms with E-state index in [1.54, 1.807) is 12.1 Å². The summed E-state index contributed by atoms with van der Waals surface area (Å²) in [5.74, 6) is -0.693. The molecule has 1 aliphatic carbocycles. The molecule has 0 aromatic heterocycles. The Balaban J connectivity index is 1.33. The summed E-state index contributed by atoms with van der Waals surface area (Å²) in [7, 11) is 0. The lowest BCUT2D eigenvalue weighted by atomic mass is 9.79. The molecule has 0 atom stereocenters. The van der Waals surface area contributed by atoms with Crippen LogP contribution in [0.5, 0.6) is 0 Å². The van der Waals surface area contributed by atoms with Crippen molar-refractivity contribution in [3.8, 4) is 0 Å². The Kier molecular flexibility index (Phi) is 6.78. The molecule has 0 unspecified atom stereocenters. The Morgan fingerprint density at radius 2 is 1.65 bits per heavy atom. The highest BCUT2D eigenvalue weighted by Gasteiger charge is 2.44. The van der Waals surface area contributed by atoms with Crippen LogP contribution >= 0.6 is 11.6 Å². The predicted molar refractivity (Wildman–Crippen MR) is 121 cm³/mol. The molecule has 1 N–H and O–H groups in total. The van der Waals surface area contributed by atoms with E-state index in [0.29, 0.717) is 10.7 Å². The summed E-state index contributed by atoms with van der Waals surface area (Å²) < 4.78 is 10.8. The monoisotopic (exact) mass is 442 g/mol. The minimum Gasteiger partial charge on any atom is -0.455 e. The van der Waals surface area contributed by atoms with Crippen molar-refractivity contribution in [2.45, 2.75) is 31.1 Å². The molecule has 1 amide bonds. The van der Waals surface area contributed by atoms with Crippen molar-refractivity contribution in [1.29, 1.82) is 0 Å². The molecule has 0 spiro atoms. The number of hydrogen-bond donors (Lipinski definition) is 1. The van der Waals surface area contributed by atoms with Gasteiger partial charge in [0.05, 0.1) is 18.6 Å². The van der Waals surface area contributed by atoms with Gasteiger partial charge < -0.3 is 19.7 Å². The van der Waals surface area contributed by atoms with Crippen LogP contribution in [-0.4, -0.2) is 44.8 Å². The van der Waals surface area contributed by atoms with Crippen molar-refractivity contribution in [2.75, 3.05) is 43.1 Å². The maximum Gasteiger partial charge on any atom is 0.317 e. The highest BCUT2D eigenvalue weighted by atomic mass is 35.5. The third-order valence-corrected chi connectivity index (χ3v) is 6.36. The Morgan fingerprint density at radius 3 is 2.29 bits per heavy atom. The molecule has 2 aliphatic rings. The number of nitrogens with zero attached hydrogens (tertiary/aromatic N) is 1. The molecule has 7 heteroatoms. The van der Waals surface area contributed by atoms with Crippen LogP contribution in [-0.2, 0) is 24.5 Å². The molecule has 31 heavy (non-hydrogen) atoms. The lowest BCUT2D eigenvalue weighted by Gasteiger charge is -2.29. The van der Waals surface area contributed by atoms with Crippen molar-refractivity contribution in [3.63, 3.8) is 0 Å². The highest BCUT2D eigenvalue weighted by Crippen LogP contribution is 2.42. The number of esters is 1. The summed E-state index contributed by atoms with van der Waals surface area (Å²) in [6.45, 7) is 2.86. The van der Waals surface area contributed by atoms with Crippen molar-refractivity contribution >= 4 is 34.9 Å². The van der Waals surface area contributed by atoms with Gasteiger partial charge in [0, 0.05) is 29.5 Å². The molecule has 1 saturated heterocycles. The summed E-state index contributed by atoms with van der Waals surface area (Å²) in [5.41, 5.74) is 1.98. The van der Waals surface area contributed by atoms with Gasteiger partial charge in [-0.25, -0.2) is 0 Å². The molecule has 2 aromatic carbocycles. The topological polar surface area (TPSA) is 67.9 Å². The van der Waals surface area contributed by atoms with Crippen molar-refractivity contribution in [2.24, 2.45) is 0 Å². The zero-order valence-electron chi connectivity index (χ0n) is 17.4. The second-order valence-electron chi connectivity index (χ2n) is 8.07. The third-order valence-electron chi connectivity index (χ3n) is 6.11. The molecule has 1 heterocycles. The van der Waals surface area contributed by atoms with E-state index in [1.807, 2.05) is 36.4 Å². The Labute approximate surface area is 187 Å². The first-order chi connectivity index (χ1) is 15.1. The van der Waals surface area contributed by atoms with E-state index in [0.717, 1.165) is 63.2 Å². The Bertz CT molecular complexity index is 902. The van der Waals surface area contributed by atoms with Gasteiger partial charge in [-0.15, -0.1) is 0 Å². The van der Waals surface area contributed by atoms with Gasteiger partial charge in [-0.2, -0.15) is 0 Å². The number of carbonyl (C=O) groups excluding carboxylic acids is 2. The quantitative estimate of drug-likeness (QED) is 0.680. The molecule has 1 aliphatic heterocycles. The first-order valence-electron chi connectivity index (χ1n) is 10.7. The summed E-state index contributed by atoms with van der Waals surface area (Å²) >= 11 is 6.00. The number of morpholine rings is 1. The third kappa shape index (κ3) is 5.02. The first-order valence-corrected chi connectivity index (χ1v) is 11.1. The van der Waals surface area contributed by atoms with Gasteiger partial charge in [-0.05, 0) is 54.8 Å². The van der Waals surface area contributed by atoms with Crippen LogP contribution in [0.1, 0.15) is 31.2 Å². The zero-order chi connectivity index (χ0) is 21.7. The van der Waals surface area contributed by atoms with E-state index in [9.17, 15) is 9.59 Å². The Hall–Kier alpha value is -2.57. The number of amides is 1. The van der Waals surface area contributed by atoms with Gasteiger partial charge in [0.2, 0.25) is 0 Å². The molecule has 164 valence electrons. The number of halogens is 1. The van der Waals surface area contributed by atoms with Gasteiger partial charge in [-0.1, -0.05) is 36.6 Å². The van der Waals surface area contributed by atoms with Gasteiger partial charge >= 0.3 is 5.97 Å². The van der Waals surface area contributed by atoms with Crippen LogP contribution in [0.4, 0.5) is 11.4 Å². The molecule has 0 radical (unpaired) electrons. The zero-order valence-corrected chi connectivity index (χ0v) is 18.2. The number of carbonyl (C=O) groups is 2. The number of rotatable bonds is 6. The van der Waals surface area contributed by atoms with E-state index in [1.165, 1.54) is 0 Å². The standard InChI is InChI=1S/C24H27ClN2O4/c25-19-5-3-18(4-6-19)24(11-1-2-12-24)23(29)31-17-22(28)26-20-7-9-21(10-8-20)27-13-15-30-16-14-27/h3-10H,1-2,11-17H2,(H,26,28). The average Bonchev–Trinajstić information content (AvgIpc) is 3.30. The lowest BCUT2D eigenvalue weighted by Crippen LogP contribution is -2.36. The van der Waals surface area contributed by atoms with Crippen LogP contribution in [0.3, 0.4) is 0 Å². The summed E-state index contributed by atoms with van der Waals surface area (Å²) in [5, 5.41) is 3.43. The minimum absolute atomic E-state index is 0.306. The predicted octanol–water partition coefficient (Wildman–Crippen LogP) is 4.17. The van der Waals surface area contributed by atoms with E-state index in [2.05, 4.69) is 10.2 Å². The lowest BCUT2D eigenvalue weighted by molar-refractivity contribution is -0.153. The van der Waals surface area contributed by atoms with Crippen molar-refractivity contribution < 1.29 is 19.1 Å². The first kappa shape index (κ1) is 21.7. The second-order valence-corrected chi connectivity index (χ2v) is 8.50. The molecule has 6 nitrogen and oxygen atoms in total. The van der Waals surface area contributed by atoms with E-state index in [-0.39, 0.29) is 18.5 Å². The largest absolute Gasteiger partial charge is 0.455 e. The molecule has 0 bridgehead atoms. The number of nitrogens with one attached hydrogen (secondary N) is 1. The van der Waals surface area contributed by atoms with Crippen molar-refractivity contribution in [3.05, 3.63) is 59.1 Å². The van der Waals surface area contributed by atoms with Gasteiger partial charge in [0.15, 0.2) is 6.61 Å². The van der Waals surface area contributed by atoms with Gasteiger partial charge in [0.1, 0.15) is 0 Å². The summed E-state index contributed by atoms with van der Waals surface area (Å²) in [4.78, 5) is 27.6. The molecule has 1 saturated carbocycles. The maximum atomic E-state index is 13.0. The number of benzene rings is 2. The average molecular weight is 443 g/mol. The fourth-order valence-electron chi connectivity index (χ4n) is 4.40. The van der Waals surface area contributed by atoms with E-state index >= 15 is 0 Å². The minimum atomic E-state index is -0.690. The number of hydrogen-bond acceptors (Lipinski definition) is 5. The molecular weight excluding hydrogens is 416 g/mol. The fraction of sp³-hybridized carbons (Fsp3) is 0.417. The smallest absolute Gasteiger partial charge is 0.317 e.